The van der Waals surface area contributed by atoms with Gasteiger partial charge >= 0.3 is 16.4 Å². The Morgan fingerprint density at radius 1 is 1.06 bits per heavy atom. The molecule has 0 saturated carbocycles. The smallest absolute Gasteiger partial charge is 0.394 e. The van der Waals surface area contributed by atoms with Crippen LogP contribution in [0, 0.1) is 5.41 Å². The number of hydrogen-bond acceptors (Lipinski definition) is 6. The Kier molecular flexibility index (Phi) is 17.7. The summed E-state index contributed by atoms with van der Waals surface area (Å²) >= 11 is 0. The Balaban J connectivity index is -0.0000000533. The van der Waals surface area contributed by atoms with Crippen molar-refractivity contribution >= 4 is 16.4 Å². The highest BCUT2D eigenvalue weighted by atomic mass is 32.3. The van der Waals surface area contributed by atoms with Crippen molar-refractivity contribution in [3.63, 3.8) is 0 Å². The van der Waals surface area contributed by atoms with Crippen LogP contribution in [0.5, 0.6) is 0 Å². The average molecular weight is 277 g/mol. The number of carboxylic acid groups (broad SMARTS) is 1. The molecule has 0 fully saturated rings. The van der Waals surface area contributed by atoms with E-state index in [-0.39, 0.29) is 29.4 Å². The molecule has 0 unspecified atom stereocenters. The van der Waals surface area contributed by atoms with Gasteiger partial charge in [-0.25, -0.2) is 4.79 Å². The Morgan fingerprint density at radius 2 is 1.24 bits per heavy atom. The van der Waals surface area contributed by atoms with Crippen LogP contribution in [0.4, 0.5) is 0 Å². The minimum atomic E-state index is -4.67. The summed E-state index contributed by atoms with van der Waals surface area (Å²) in [5, 5.41) is 8.42. The first-order valence-corrected chi connectivity index (χ1v) is 4.88. The van der Waals surface area contributed by atoms with Gasteiger partial charge < -0.3 is 23.6 Å². The fourth-order valence-corrected chi connectivity index (χ4v) is 0.321. The fraction of sp³-hybridized carbons (Fsp3) is 0.571. The maximum atomic E-state index is 10.2. The van der Waals surface area contributed by atoms with Crippen LogP contribution >= 0.6 is 0 Å². The predicted molar refractivity (Wildman–Crippen MR) is 65.5 cm³/mol. The molecule has 0 rings (SSSR count). The lowest BCUT2D eigenvalue weighted by Gasteiger charge is -2.17. The van der Waals surface area contributed by atoms with E-state index in [2.05, 4.69) is 6.58 Å². The number of aliphatic carboxylic acids is 1. The first-order valence-electron chi connectivity index (χ1n) is 3.48. The monoisotopic (exact) mass is 277 g/mol. The molecule has 0 aromatic carbocycles. The zero-order valence-electron chi connectivity index (χ0n) is 10.3. The van der Waals surface area contributed by atoms with Gasteiger partial charge in [0.15, 0.2) is 0 Å². The summed E-state index contributed by atoms with van der Waals surface area (Å²) in [6, 6.07) is 0. The van der Waals surface area contributed by atoms with E-state index in [0.717, 1.165) is 0 Å². The summed E-state index contributed by atoms with van der Waals surface area (Å²) in [5.74, 6) is -0.914. The van der Waals surface area contributed by atoms with Gasteiger partial charge in [-0.1, -0.05) is 27.4 Å². The Morgan fingerprint density at radius 3 is 1.24 bits per heavy atom. The van der Waals surface area contributed by atoms with Crippen LogP contribution in [-0.4, -0.2) is 28.6 Å². The molecule has 0 radical (unpaired) electrons. The third-order valence-electron chi connectivity index (χ3n) is 1.16. The van der Waals surface area contributed by atoms with Crippen LogP contribution in [0.15, 0.2) is 12.2 Å². The molecule has 0 aliphatic heterocycles. The summed E-state index contributed by atoms with van der Waals surface area (Å²) in [6.45, 7) is 8.89. The molecule has 0 aliphatic carbocycles. The highest BCUT2D eigenvalue weighted by Gasteiger charge is 2.20. The summed E-state index contributed by atoms with van der Waals surface area (Å²) < 4.78 is 31.6. The third-order valence-corrected chi connectivity index (χ3v) is 1.16. The van der Waals surface area contributed by atoms with Crippen LogP contribution < -0.4 is 18.5 Å². The van der Waals surface area contributed by atoms with Gasteiger partial charge in [-0.05, 0) is 5.41 Å². The minimum absolute atomic E-state index is 0. The van der Waals surface area contributed by atoms with Crippen molar-refractivity contribution in [3.8, 4) is 0 Å². The first-order chi connectivity index (χ1) is 5.85. The van der Waals surface area contributed by atoms with Gasteiger partial charge in [0.1, 0.15) is 0 Å². The average Bonchev–Trinajstić information content (AvgIpc) is 1.79. The number of hydrogen-bond donors (Lipinski definition) is 6. The van der Waals surface area contributed by atoms with E-state index in [9.17, 15) is 4.79 Å². The molecule has 0 spiro atoms. The van der Waals surface area contributed by atoms with E-state index < -0.39 is 16.4 Å². The van der Waals surface area contributed by atoms with E-state index in [4.69, 9.17) is 22.6 Å². The molecular formula is C7H23N3O6S. The SMILES string of the molecule is C=C(C(=O)O)C(C)(C)C.N.N.N.O=S(=O)(O)O. The molecule has 17 heavy (non-hydrogen) atoms. The maximum absolute atomic E-state index is 10.2. The van der Waals surface area contributed by atoms with E-state index in [1.54, 1.807) is 0 Å². The lowest BCUT2D eigenvalue weighted by Crippen LogP contribution is -2.15. The second kappa shape index (κ2) is 10.1. The molecule has 0 aromatic heterocycles. The van der Waals surface area contributed by atoms with Crippen molar-refractivity contribution in [1.82, 2.24) is 18.5 Å². The normalized spacial score (nSPS) is 9.24. The van der Waals surface area contributed by atoms with Crippen molar-refractivity contribution in [3.05, 3.63) is 12.2 Å². The fourth-order valence-electron chi connectivity index (χ4n) is 0.321. The Labute approximate surface area is 101 Å². The van der Waals surface area contributed by atoms with Crippen molar-refractivity contribution in [1.29, 1.82) is 0 Å². The summed E-state index contributed by atoms with van der Waals surface area (Å²) in [4.78, 5) is 10.2. The van der Waals surface area contributed by atoms with Crippen molar-refractivity contribution < 1.29 is 27.4 Å². The van der Waals surface area contributed by atoms with E-state index in [1.165, 1.54) is 0 Å². The minimum Gasteiger partial charge on any atom is -0.478 e. The summed E-state index contributed by atoms with van der Waals surface area (Å²) in [5.41, 5.74) is -0.0613. The van der Waals surface area contributed by atoms with Crippen molar-refractivity contribution in [2.75, 3.05) is 0 Å². The topological polar surface area (TPSA) is 217 Å². The Hall–Kier alpha value is -1.04. The predicted octanol–water partition coefficient (Wildman–Crippen LogP) is 1.51. The zero-order chi connectivity index (χ0) is 12.2. The van der Waals surface area contributed by atoms with Crippen molar-refractivity contribution in [2.24, 2.45) is 5.41 Å². The zero-order valence-corrected chi connectivity index (χ0v) is 11.1. The van der Waals surface area contributed by atoms with Gasteiger partial charge in [0.05, 0.1) is 0 Å². The molecule has 10 heteroatoms. The quantitative estimate of drug-likeness (QED) is 0.301. The molecule has 0 bridgehead atoms. The maximum Gasteiger partial charge on any atom is 0.394 e. The van der Waals surface area contributed by atoms with Crippen LogP contribution in [0.3, 0.4) is 0 Å². The van der Waals surface area contributed by atoms with Crippen LogP contribution in [0.25, 0.3) is 0 Å². The van der Waals surface area contributed by atoms with Gasteiger partial charge in [0, 0.05) is 5.57 Å². The van der Waals surface area contributed by atoms with Crippen LogP contribution in [0.1, 0.15) is 20.8 Å². The molecule has 0 atom stereocenters. The number of carboxylic acids is 1. The lowest BCUT2D eigenvalue weighted by molar-refractivity contribution is -0.133. The molecule has 0 heterocycles. The van der Waals surface area contributed by atoms with E-state index in [0.29, 0.717) is 0 Å². The molecule has 12 N–H and O–H groups in total. The van der Waals surface area contributed by atoms with Gasteiger partial charge in [-0.2, -0.15) is 8.42 Å². The molecule has 108 valence electrons. The highest BCUT2D eigenvalue weighted by Crippen LogP contribution is 2.22. The molecule has 9 nitrogen and oxygen atoms in total. The number of rotatable bonds is 1. The molecule has 0 aromatic rings. The third kappa shape index (κ3) is 31.3. The molecule has 0 saturated heterocycles. The van der Waals surface area contributed by atoms with Crippen LogP contribution in [0.2, 0.25) is 0 Å². The van der Waals surface area contributed by atoms with Crippen LogP contribution in [-0.2, 0) is 15.2 Å². The highest BCUT2D eigenvalue weighted by molar-refractivity contribution is 7.79. The van der Waals surface area contributed by atoms with E-state index >= 15 is 0 Å². The second-order valence-corrected chi connectivity index (χ2v) is 4.38. The summed E-state index contributed by atoms with van der Waals surface area (Å²) in [7, 11) is -4.67. The van der Waals surface area contributed by atoms with Gasteiger partial charge in [-0.3, -0.25) is 9.11 Å². The molecule has 0 aliphatic rings. The molecular weight excluding hydrogens is 254 g/mol. The van der Waals surface area contributed by atoms with Gasteiger partial charge in [-0.15, -0.1) is 0 Å². The largest absolute Gasteiger partial charge is 0.478 e. The van der Waals surface area contributed by atoms with E-state index in [1.807, 2.05) is 20.8 Å². The van der Waals surface area contributed by atoms with Gasteiger partial charge in [0.25, 0.3) is 0 Å². The Bertz CT molecular complexity index is 311. The van der Waals surface area contributed by atoms with Gasteiger partial charge in [0.2, 0.25) is 0 Å². The summed E-state index contributed by atoms with van der Waals surface area (Å²) in [6.07, 6.45) is 0. The lowest BCUT2D eigenvalue weighted by atomic mass is 9.88. The second-order valence-electron chi connectivity index (χ2n) is 3.48. The standard InChI is InChI=1S/C7H12O2.3H3N.H2O4S/c1-5(6(8)9)7(2,3)4;;;;1-5(2,3)4/h1H2,2-4H3,(H,8,9);3*1H3;(H2,1,2,3,4). The van der Waals surface area contributed by atoms with Crippen molar-refractivity contribution in [2.45, 2.75) is 20.8 Å². The number of carbonyl (C=O) groups is 1. The molecule has 0 amide bonds. The first kappa shape index (κ1) is 29.7.